The number of aryl methyl sites for hydroxylation is 1. The van der Waals surface area contributed by atoms with Crippen LogP contribution in [0.5, 0.6) is 0 Å². The van der Waals surface area contributed by atoms with Crippen molar-refractivity contribution >= 4 is 10.8 Å². The van der Waals surface area contributed by atoms with Crippen molar-refractivity contribution in [1.82, 2.24) is 4.98 Å². The molecule has 2 aromatic rings. The lowest BCUT2D eigenvalue weighted by atomic mass is 10.1. The minimum atomic E-state index is -0.210. The molecule has 2 rings (SSSR count). The summed E-state index contributed by atoms with van der Waals surface area (Å²) in [6, 6.07) is 6.61. The van der Waals surface area contributed by atoms with E-state index in [1.165, 1.54) is 12.1 Å². The van der Waals surface area contributed by atoms with Gasteiger partial charge >= 0.3 is 0 Å². The Balaban J connectivity index is 2.88. The van der Waals surface area contributed by atoms with E-state index in [0.29, 0.717) is 0 Å². The second kappa shape index (κ2) is 2.55. The van der Waals surface area contributed by atoms with Crippen LogP contribution in [0.3, 0.4) is 0 Å². The largest absolute Gasteiger partial charge is 0.261 e. The fourth-order valence-corrected chi connectivity index (χ4v) is 1.29. The smallest absolute Gasteiger partial charge is 0.123 e. The Bertz CT molecular complexity index is 423. The van der Waals surface area contributed by atoms with Gasteiger partial charge < -0.3 is 0 Å². The van der Waals surface area contributed by atoms with Gasteiger partial charge in [-0.25, -0.2) is 4.39 Å². The molecule has 1 aromatic carbocycles. The van der Waals surface area contributed by atoms with Crippen molar-refractivity contribution in [1.29, 1.82) is 0 Å². The van der Waals surface area contributed by atoms with Gasteiger partial charge in [0.05, 0.1) is 0 Å². The van der Waals surface area contributed by atoms with Crippen molar-refractivity contribution in [3.05, 3.63) is 42.0 Å². The number of benzene rings is 1. The Morgan fingerprint density at radius 2 is 2.08 bits per heavy atom. The average molecular weight is 161 g/mol. The minimum absolute atomic E-state index is 0.210. The Hall–Kier alpha value is -1.44. The topological polar surface area (TPSA) is 12.9 Å². The molecule has 0 radical (unpaired) electrons. The first-order valence-corrected chi connectivity index (χ1v) is 3.78. The first-order chi connectivity index (χ1) is 5.77. The van der Waals surface area contributed by atoms with Gasteiger partial charge in [-0.3, -0.25) is 4.98 Å². The molecule has 12 heavy (non-hydrogen) atoms. The van der Waals surface area contributed by atoms with Gasteiger partial charge in [-0.1, -0.05) is 6.07 Å². The van der Waals surface area contributed by atoms with Gasteiger partial charge in [-0.15, -0.1) is 0 Å². The third-order valence-corrected chi connectivity index (χ3v) is 1.93. The number of halogens is 1. The summed E-state index contributed by atoms with van der Waals surface area (Å²) in [6.07, 6.45) is 1.73. The van der Waals surface area contributed by atoms with Gasteiger partial charge in [-0.05, 0) is 30.5 Å². The summed E-state index contributed by atoms with van der Waals surface area (Å²) < 4.78 is 12.8. The standard InChI is InChI=1S/C10H8FN/c1-7-10-6-9(11)3-2-8(10)4-5-12-7/h2-6H,1H3. The lowest BCUT2D eigenvalue weighted by Gasteiger charge is -1.99. The molecular weight excluding hydrogens is 153 g/mol. The molecular formula is C10H8FN. The molecule has 1 aromatic heterocycles. The Morgan fingerprint density at radius 3 is 2.92 bits per heavy atom. The maximum absolute atomic E-state index is 12.8. The molecule has 0 unspecified atom stereocenters. The number of nitrogens with zero attached hydrogens (tertiary/aromatic N) is 1. The normalized spacial score (nSPS) is 10.5. The number of hydrogen-bond donors (Lipinski definition) is 0. The molecule has 0 amide bonds. The van der Waals surface area contributed by atoms with E-state index >= 15 is 0 Å². The van der Waals surface area contributed by atoms with E-state index in [1.807, 2.05) is 13.0 Å². The highest BCUT2D eigenvalue weighted by Crippen LogP contribution is 2.16. The number of hydrogen-bond acceptors (Lipinski definition) is 1. The number of aromatic nitrogens is 1. The van der Waals surface area contributed by atoms with Gasteiger partial charge in [0, 0.05) is 17.3 Å². The zero-order valence-electron chi connectivity index (χ0n) is 6.71. The van der Waals surface area contributed by atoms with Crippen LogP contribution in [0.1, 0.15) is 5.69 Å². The molecule has 1 heterocycles. The van der Waals surface area contributed by atoms with Gasteiger partial charge in [-0.2, -0.15) is 0 Å². The quantitative estimate of drug-likeness (QED) is 0.578. The number of rotatable bonds is 0. The third-order valence-electron chi connectivity index (χ3n) is 1.93. The lowest BCUT2D eigenvalue weighted by molar-refractivity contribution is 0.629. The van der Waals surface area contributed by atoms with Crippen LogP contribution < -0.4 is 0 Å². The molecule has 2 heteroatoms. The van der Waals surface area contributed by atoms with Crippen LogP contribution in [-0.2, 0) is 0 Å². The zero-order chi connectivity index (χ0) is 8.55. The maximum atomic E-state index is 12.8. The van der Waals surface area contributed by atoms with Gasteiger partial charge in [0.2, 0.25) is 0 Å². The van der Waals surface area contributed by atoms with Gasteiger partial charge in [0.25, 0.3) is 0 Å². The summed E-state index contributed by atoms with van der Waals surface area (Å²) in [5.74, 6) is -0.210. The van der Waals surface area contributed by atoms with Crippen LogP contribution in [0.4, 0.5) is 4.39 Å². The van der Waals surface area contributed by atoms with E-state index in [2.05, 4.69) is 4.98 Å². The zero-order valence-corrected chi connectivity index (χ0v) is 6.71. The van der Waals surface area contributed by atoms with Crippen molar-refractivity contribution in [2.75, 3.05) is 0 Å². The average Bonchev–Trinajstić information content (AvgIpc) is 2.07. The first kappa shape index (κ1) is 7.22. The molecule has 0 aliphatic rings. The highest BCUT2D eigenvalue weighted by Gasteiger charge is 1.98. The van der Waals surface area contributed by atoms with E-state index in [9.17, 15) is 4.39 Å². The molecule has 0 spiro atoms. The first-order valence-electron chi connectivity index (χ1n) is 3.78. The minimum Gasteiger partial charge on any atom is -0.261 e. The molecule has 0 saturated heterocycles. The van der Waals surface area contributed by atoms with Crippen LogP contribution in [-0.4, -0.2) is 4.98 Å². The summed E-state index contributed by atoms with van der Waals surface area (Å²) in [5.41, 5.74) is 0.868. The van der Waals surface area contributed by atoms with Crippen molar-refractivity contribution in [2.24, 2.45) is 0 Å². The van der Waals surface area contributed by atoms with Gasteiger partial charge in [0.1, 0.15) is 5.82 Å². The SMILES string of the molecule is Cc1nccc2ccc(F)cc12. The van der Waals surface area contributed by atoms with E-state index in [4.69, 9.17) is 0 Å². The highest BCUT2D eigenvalue weighted by atomic mass is 19.1. The summed E-state index contributed by atoms with van der Waals surface area (Å²) in [6.45, 7) is 1.88. The van der Waals surface area contributed by atoms with Gasteiger partial charge in [0.15, 0.2) is 0 Å². The van der Waals surface area contributed by atoms with E-state index < -0.39 is 0 Å². The number of pyridine rings is 1. The van der Waals surface area contributed by atoms with Crippen LogP contribution in [0.15, 0.2) is 30.5 Å². The van der Waals surface area contributed by atoms with E-state index in [-0.39, 0.29) is 5.82 Å². The van der Waals surface area contributed by atoms with Crippen molar-refractivity contribution < 1.29 is 4.39 Å². The Kier molecular flexibility index (Phi) is 1.54. The summed E-state index contributed by atoms with van der Waals surface area (Å²) >= 11 is 0. The van der Waals surface area contributed by atoms with Crippen LogP contribution >= 0.6 is 0 Å². The molecule has 1 nitrogen and oxygen atoms in total. The lowest BCUT2D eigenvalue weighted by Crippen LogP contribution is -1.83. The second-order valence-electron chi connectivity index (χ2n) is 2.76. The predicted octanol–water partition coefficient (Wildman–Crippen LogP) is 2.68. The molecule has 0 saturated carbocycles. The molecule has 0 N–H and O–H groups in total. The van der Waals surface area contributed by atoms with Crippen LogP contribution in [0.25, 0.3) is 10.8 Å². The summed E-state index contributed by atoms with van der Waals surface area (Å²) in [4.78, 5) is 4.08. The fraction of sp³-hybridized carbons (Fsp3) is 0.100. The Labute approximate surface area is 69.9 Å². The monoisotopic (exact) mass is 161 g/mol. The van der Waals surface area contributed by atoms with Crippen molar-refractivity contribution in [3.63, 3.8) is 0 Å². The molecule has 0 fully saturated rings. The fourth-order valence-electron chi connectivity index (χ4n) is 1.29. The van der Waals surface area contributed by atoms with E-state index in [0.717, 1.165) is 16.5 Å². The molecule has 0 bridgehead atoms. The van der Waals surface area contributed by atoms with E-state index in [1.54, 1.807) is 12.3 Å². The Morgan fingerprint density at radius 1 is 1.25 bits per heavy atom. The summed E-state index contributed by atoms with van der Waals surface area (Å²) in [5, 5.41) is 1.92. The molecule has 60 valence electrons. The van der Waals surface area contributed by atoms with Crippen molar-refractivity contribution in [2.45, 2.75) is 6.92 Å². The molecule has 0 atom stereocenters. The second-order valence-corrected chi connectivity index (χ2v) is 2.76. The van der Waals surface area contributed by atoms with Crippen molar-refractivity contribution in [3.8, 4) is 0 Å². The van der Waals surface area contributed by atoms with Crippen LogP contribution in [0.2, 0.25) is 0 Å². The number of fused-ring (bicyclic) bond motifs is 1. The maximum Gasteiger partial charge on any atom is 0.123 e. The predicted molar refractivity (Wildman–Crippen MR) is 46.4 cm³/mol. The van der Waals surface area contributed by atoms with Crippen LogP contribution in [0, 0.1) is 12.7 Å². The highest BCUT2D eigenvalue weighted by molar-refractivity contribution is 5.84. The molecule has 0 aliphatic carbocycles. The summed E-state index contributed by atoms with van der Waals surface area (Å²) in [7, 11) is 0. The third kappa shape index (κ3) is 1.05. The molecule has 0 aliphatic heterocycles.